The first-order chi connectivity index (χ1) is 7.32. The highest BCUT2D eigenvalue weighted by molar-refractivity contribution is 5.20. The van der Waals surface area contributed by atoms with Crippen LogP contribution in [0.4, 0.5) is 0 Å². The number of piperidine rings is 1. The number of rotatable bonds is 1. The van der Waals surface area contributed by atoms with E-state index in [-0.39, 0.29) is 6.15 Å². The molecule has 3 heteroatoms. The molecule has 0 radical (unpaired) electrons. The van der Waals surface area contributed by atoms with Gasteiger partial charge >= 0.3 is 6.15 Å². The van der Waals surface area contributed by atoms with Crippen LogP contribution in [0, 0.1) is 11.8 Å². The minimum Gasteiger partial charge on any atom is -0.298 e. The van der Waals surface area contributed by atoms with Crippen LogP contribution in [0.5, 0.6) is 0 Å². The van der Waals surface area contributed by atoms with Crippen molar-refractivity contribution in [1.29, 1.82) is 0 Å². The molecule has 3 nitrogen and oxygen atoms in total. The molecule has 0 N–H and O–H groups in total. The van der Waals surface area contributed by atoms with Crippen molar-refractivity contribution in [3.8, 4) is 0 Å². The molecule has 0 aromatic carbocycles. The lowest BCUT2D eigenvalue weighted by molar-refractivity contribution is -0.191. The molecule has 1 saturated heterocycles. The second kappa shape index (κ2) is 6.82. The lowest BCUT2D eigenvalue weighted by Gasteiger charge is -2.41. The van der Waals surface area contributed by atoms with Gasteiger partial charge in [-0.1, -0.05) is 13.8 Å². The Labute approximate surface area is 99.2 Å². The Morgan fingerprint density at radius 1 is 1.12 bits per heavy atom. The van der Waals surface area contributed by atoms with E-state index in [2.05, 4.69) is 39.5 Å². The first-order valence-corrected chi connectivity index (χ1v) is 6.07. The maximum absolute atomic E-state index is 8.12. The second-order valence-corrected chi connectivity index (χ2v) is 5.82. The summed E-state index contributed by atoms with van der Waals surface area (Å²) in [6.07, 6.45) is 3.05. The summed E-state index contributed by atoms with van der Waals surface area (Å²) in [7, 11) is 0. The molecule has 1 aliphatic heterocycles. The third kappa shape index (κ3) is 5.43. The molecule has 0 aromatic heterocycles. The van der Waals surface area contributed by atoms with E-state index in [0.29, 0.717) is 5.54 Å². The minimum atomic E-state index is 0.250. The van der Waals surface area contributed by atoms with Crippen molar-refractivity contribution < 1.29 is 9.59 Å². The van der Waals surface area contributed by atoms with E-state index in [4.69, 9.17) is 9.59 Å². The molecule has 0 spiro atoms. The quantitative estimate of drug-likeness (QED) is 0.691. The van der Waals surface area contributed by atoms with Crippen LogP contribution in [0.25, 0.3) is 0 Å². The van der Waals surface area contributed by atoms with Gasteiger partial charge in [-0.05, 0) is 58.5 Å². The molecule has 16 heavy (non-hydrogen) atoms. The zero-order chi connectivity index (χ0) is 12.8. The number of likely N-dealkylation sites (tertiary alicyclic amines) is 1. The molecule has 0 aliphatic carbocycles. The summed E-state index contributed by atoms with van der Waals surface area (Å²) in [5.74, 6) is 1.85. The van der Waals surface area contributed by atoms with Gasteiger partial charge in [0.1, 0.15) is 0 Å². The highest BCUT2D eigenvalue weighted by atomic mass is 16.2. The van der Waals surface area contributed by atoms with E-state index in [1.54, 1.807) is 0 Å². The Balaban J connectivity index is 0.000000673. The van der Waals surface area contributed by atoms with E-state index in [1.807, 2.05) is 0 Å². The van der Waals surface area contributed by atoms with Gasteiger partial charge in [-0.15, -0.1) is 0 Å². The van der Waals surface area contributed by atoms with Crippen LogP contribution < -0.4 is 0 Å². The average Bonchev–Trinajstić information content (AvgIpc) is 2.18. The summed E-state index contributed by atoms with van der Waals surface area (Å²) in [6.45, 7) is 14.3. The summed E-state index contributed by atoms with van der Waals surface area (Å²) >= 11 is 0. The van der Waals surface area contributed by atoms with Crippen LogP contribution >= 0.6 is 0 Å². The highest BCUT2D eigenvalue weighted by Crippen LogP contribution is 2.27. The van der Waals surface area contributed by atoms with Gasteiger partial charge in [0.05, 0.1) is 0 Å². The molecule has 1 heterocycles. The van der Waals surface area contributed by atoms with Crippen LogP contribution in [0.3, 0.4) is 0 Å². The van der Waals surface area contributed by atoms with Crippen LogP contribution in [0.2, 0.25) is 0 Å². The molecular formula is C13H25NO2. The number of hydrogen-bond acceptors (Lipinski definition) is 3. The van der Waals surface area contributed by atoms with Crippen LogP contribution in [0.1, 0.15) is 47.5 Å². The first kappa shape index (κ1) is 15.3. The van der Waals surface area contributed by atoms with E-state index in [0.717, 1.165) is 11.8 Å². The zero-order valence-electron chi connectivity index (χ0n) is 11.2. The van der Waals surface area contributed by atoms with E-state index < -0.39 is 0 Å². The van der Waals surface area contributed by atoms with Crippen LogP contribution in [-0.4, -0.2) is 29.7 Å². The van der Waals surface area contributed by atoms with Crippen molar-refractivity contribution >= 4 is 6.15 Å². The molecule has 94 valence electrons. The molecule has 0 unspecified atom stereocenters. The predicted molar refractivity (Wildman–Crippen MR) is 63.9 cm³/mol. The summed E-state index contributed by atoms with van der Waals surface area (Å²) in [5, 5.41) is 0. The molecule has 0 aromatic rings. The van der Waals surface area contributed by atoms with Crippen molar-refractivity contribution in [3.63, 3.8) is 0 Å². The lowest BCUT2D eigenvalue weighted by Crippen LogP contribution is -2.46. The van der Waals surface area contributed by atoms with E-state index >= 15 is 0 Å². The number of nitrogens with zero attached hydrogens (tertiary/aromatic N) is 1. The Hall–Kier alpha value is -0.660. The third-order valence-electron chi connectivity index (χ3n) is 3.43. The number of hydrogen-bond donors (Lipinski definition) is 0. The van der Waals surface area contributed by atoms with Gasteiger partial charge in [-0.2, -0.15) is 9.59 Å². The summed E-state index contributed by atoms with van der Waals surface area (Å²) < 4.78 is 0. The number of carbonyl (C=O) groups excluding carboxylic acids is 2. The largest absolute Gasteiger partial charge is 0.373 e. The van der Waals surface area contributed by atoms with Gasteiger partial charge in [0.15, 0.2) is 0 Å². The SMILES string of the molecule is CC(C)C1CCN(C(C)(C)C)CC1.O=C=O. The second-order valence-electron chi connectivity index (χ2n) is 5.82. The topological polar surface area (TPSA) is 37.4 Å². The van der Waals surface area contributed by atoms with Gasteiger partial charge in [0.2, 0.25) is 0 Å². The Kier molecular flexibility index (Phi) is 6.54. The van der Waals surface area contributed by atoms with E-state index in [9.17, 15) is 0 Å². The van der Waals surface area contributed by atoms with Crippen LogP contribution in [-0.2, 0) is 9.59 Å². The van der Waals surface area contributed by atoms with Crippen molar-refractivity contribution in [3.05, 3.63) is 0 Å². The summed E-state index contributed by atoms with van der Waals surface area (Å²) in [6, 6.07) is 0. The molecule has 1 rings (SSSR count). The fraction of sp³-hybridized carbons (Fsp3) is 0.923. The van der Waals surface area contributed by atoms with Crippen molar-refractivity contribution in [2.75, 3.05) is 13.1 Å². The normalized spacial score (nSPS) is 18.9. The van der Waals surface area contributed by atoms with Crippen LogP contribution in [0.15, 0.2) is 0 Å². The maximum Gasteiger partial charge on any atom is 0.373 e. The molecule has 0 bridgehead atoms. The van der Waals surface area contributed by atoms with Crippen molar-refractivity contribution in [1.82, 2.24) is 4.90 Å². The Morgan fingerprint density at radius 3 is 1.75 bits per heavy atom. The molecule has 0 saturated carbocycles. The van der Waals surface area contributed by atoms with Gasteiger partial charge < -0.3 is 0 Å². The zero-order valence-corrected chi connectivity index (χ0v) is 11.2. The lowest BCUT2D eigenvalue weighted by atomic mass is 9.85. The molecule has 0 amide bonds. The standard InChI is InChI=1S/C12H25N.CO2/c1-10(2)11-6-8-13(9-7-11)12(3,4)5;2-1-3/h10-11H,6-9H2,1-5H3;. The van der Waals surface area contributed by atoms with Gasteiger partial charge in [0.25, 0.3) is 0 Å². The summed E-state index contributed by atoms with van der Waals surface area (Å²) in [5.41, 5.74) is 0.377. The monoisotopic (exact) mass is 227 g/mol. The fourth-order valence-corrected chi connectivity index (χ4v) is 2.24. The summed E-state index contributed by atoms with van der Waals surface area (Å²) in [4.78, 5) is 18.9. The van der Waals surface area contributed by atoms with Crippen molar-refractivity contribution in [2.45, 2.75) is 53.0 Å². The Bertz CT molecular complexity index is 217. The molecular weight excluding hydrogens is 202 g/mol. The molecule has 0 atom stereocenters. The fourth-order valence-electron chi connectivity index (χ4n) is 2.24. The van der Waals surface area contributed by atoms with Gasteiger partial charge in [-0.25, -0.2) is 0 Å². The maximum atomic E-state index is 8.12. The molecule has 1 fully saturated rings. The predicted octanol–water partition coefficient (Wildman–Crippen LogP) is 2.57. The average molecular weight is 227 g/mol. The van der Waals surface area contributed by atoms with E-state index in [1.165, 1.54) is 25.9 Å². The van der Waals surface area contributed by atoms with Gasteiger partial charge in [0, 0.05) is 5.54 Å². The molecule has 1 aliphatic rings. The third-order valence-corrected chi connectivity index (χ3v) is 3.43. The Morgan fingerprint density at radius 2 is 1.50 bits per heavy atom. The van der Waals surface area contributed by atoms with Gasteiger partial charge in [-0.3, -0.25) is 4.90 Å². The highest BCUT2D eigenvalue weighted by Gasteiger charge is 2.27. The van der Waals surface area contributed by atoms with Crippen molar-refractivity contribution in [2.24, 2.45) is 11.8 Å². The minimum absolute atomic E-state index is 0.250. The smallest absolute Gasteiger partial charge is 0.298 e. The first-order valence-electron chi connectivity index (χ1n) is 6.07.